The van der Waals surface area contributed by atoms with E-state index in [0.29, 0.717) is 11.4 Å². The average molecular weight is 440 g/mol. The van der Waals surface area contributed by atoms with Crippen LogP contribution >= 0.6 is 0 Å². The largest absolute Gasteiger partial charge is 0.595 e. The van der Waals surface area contributed by atoms with Gasteiger partial charge in [0.05, 0.1) is 11.8 Å². The van der Waals surface area contributed by atoms with Crippen molar-refractivity contribution in [2.75, 3.05) is 10.6 Å². The monoisotopic (exact) mass is 440 g/mol. The molecule has 0 saturated heterocycles. The smallest absolute Gasteiger partial charge is 0.228 e. The van der Waals surface area contributed by atoms with Gasteiger partial charge < -0.3 is 21.0 Å². The van der Waals surface area contributed by atoms with Crippen molar-refractivity contribution >= 4 is 34.6 Å². The molecule has 1 saturated carbocycles. The van der Waals surface area contributed by atoms with Gasteiger partial charge in [-0.05, 0) is 48.9 Å². The zero-order valence-corrected chi connectivity index (χ0v) is 17.0. The lowest BCUT2D eigenvalue weighted by atomic mass is 9.61. The standard InChI is InChI=1S/C22H24N4O6/c27-21(23-15-5-9-17(10-6-15)25(29)30)19-13-1-2-14(4-3-13)20(19)22(28)24-16-7-11-18(12-8-16)26(31)32/h1-2,5-14,19-20,25-26,29,31H,3-4H2,(H,23,27)(H,24,28)/t13-,14-,19-,20+/m1/s1. The lowest BCUT2D eigenvalue weighted by Gasteiger charge is -2.43. The minimum absolute atomic E-state index is 0.0663. The van der Waals surface area contributed by atoms with Crippen LogP contribution in [0, 0.1) is 34.1 Å². The molecule has 2 aromatic rings. The van der Waals surface area contributed by atoms with Gasteiger partial charge >= 0.3 is 0 Å². The van der Waals surface area contributed by atoms with Gasteiger partial charge in [0.25, 0.3) is 0 Å². The molecular weight excluding hydrogens is 416 g/mol. The molecule has 5 rings (SSSR count). The van der Waals surface area contributed by atoms with Crippen LogP contribution in [-0.2, 0) is 9.59 Å². The van der Waals surface area contributed by atoms with E-state index in [0.717, 1.165) is 12.8 Å². The molecule has 0 heterocycles. The van der Waals surface area contributed by atoms with Crippen molar-refractivity contribution in [2.45, 2.75) is 12.8 Å². The Hall–Kier alpha value is -3.12. The molecule has 0 aromatic heterocycles. The van der Waals surface area contributed by atoms with Crippen LogP contribution in [0.4, 0.5) is 22.7 Å². The number of rotatable bonds is 6. The molecule has 2 aromatic carbocycles. The third kappa shape index (κ3) is 4.55. The molecule has 0 aliphatic heterocycles. The van der Waals surface area contributed by atoms with Crippen LogP contribution in [0.25, 0.3) is 0 Å². The van der Waals surface area contributed by atoms with E-state index in [1.165, 1.54) is 48.5 Å². The van der Waals surface area contributed by atoms with Gasteiger partial charge in [-0.15, -0.1) is 0 Å². The Kier molecular flexibility index (Phi) is 6.33. The number of fused-ring (bicyclic) bond motifs is 2. The molecular formula is C22H24N4O6. The van der Waals surface area contributed by atoms with Crippen LogP contribution in [0.2, 0.25) is 0 Å². The molecule has 6 atom stereocenters. The molecule has 2 bridgehead atoms. The number of quaternary nitrogens is 2. The maximum Gasteiger partial charge on any atom is 0.228 e. The van der Waals surface area contributed by atoms with Gasteiger partial charge in [0.1, 0.15) is 0 Å². The molecule has 10 nitrogen and oxygen atoms in total. The summed E-state index contributed by atoms with van der Waals surface area (Å²) in [6, 6.07) is 11.8. The third-order valence-electron chi connectivity index (χ3n) is 6.15. The lowest BCUT2D eigenvalue weighted by Crippen LogP contribution is -2.99. The van der Waals surface area contributed by atoms with E-state index >= 15 is 0 Å². The van der Waals surface area contributed by atoms with Crippen LogP contribution in [0.3, 0.4) is 0 Å². The Labute approximate surface area is 183 Å². The SMILES string of the molecule is O=C(Nc1ccc([NH+]([O-])O)cc1)[C@@H]1[C@H](C(=O)Nc2ccc([NH+]([O-])O)cc2)[C@@H]2C=C[C@@H]1CC2. The van der Waals surface area contributed by atoms with Crippen molar-refractivity contribution in [3.8, 4) is 0 Å². The summed E-state index contributed by atoms with van der Waals surface area (Å²) in [4.78, 5) is 26.3. The number of hydrogen-bond donors (Lipinski definition) is 6. The summed E-state index contributed by atoms with van der Waals surface area (Å²) < 4.78 is 0. The van der Waals surface area contributed by atoms with E-state index in [1.54, 1.807) is 0 Å². The normalized spacial score (nSPS) is 25.8. The number of allylic oxidation sites excluding steroid dienone is 2. The fourth-order valence-electron chi connectivity index (χ4n) is 4.55. The number of hydrogen-bond acceptors (Lipinski definition) is 6. The van der Waals surface area contributed by atoms with E-state index in [2.05, 4.69) is 10.6 Å². The third-order valence-corrected chi connectivity index (χ3v) is 6.15. The average Bonchev–Trinajstić information content (AvgIpc) is 2.79. The van der Waals surface area contributed by atoms with Gasteiger partial charge in [-0.2, -0.15) is 10.5 Å². The Morgan fingerprint density at radius 1 is 0.719 bits per heavy atom. The second kappa shape index (κ2) is 9.17. The lowest BCUT2D eigenvalue weighted by molar-refractivity contribution is -0.991. The summed E-state index contributed by atoms with van der Waals surface area (Å²) in [5, 5.41) is 43.6. The molecule has 6 N–H and O–H groups in total. The Bertz CT molecular complexity index is 925. The summed E-state index contributed by atoms with van der Waals surface area (Å²) in [6.07, 6.45) is 5.62. The van der Waals surface area contributed by atoms with Gasteiger partial charge in [0, 0.05) is 35.6 Å². The zero-order valence-electron chi connectivity index (χ0n) is 17.0. The van der Waals surface area contributed by atoms with E-state index in [1.807, 2.05) is 12.2 Å². The van der Waals surface area contributed by atoms with Crippen molar-refractivity contribution < 1.29 is 30.5 Å². The Morgan fingerprint density at radius 3 is 1.34 bits per heavy atom. The molecule has 168 valence electrons. The second-order valence-corrected chi connectivity index (χ2v) is 8.09. The summed E-state index contributed by atoms with van der Waals surface area (Å²) in [7, 11) is 0. The fraction of sp³-hybridized carbons (Fsp3) is 0.273. The van der Waals surface area contributed by atoms with Gasteiger partial charge in [-0.3, -0.25) is 9.59 Å². The number of carbonyl (C=O) groups excluding carboxylic acids is 2. The first-order chi connectivity index (χ1) is 15.3. The van der Waals surface area contributed by atoms with Crippen molar-refractivity contribution in [3.63, 3.8) is 0 Å². The summed E-state index contributed by atoms with van der Waals surface area (Å²) in [5.41, 5.74) is 1.17. The molecule has 2 amide bonds. The maximum atomic E-state index is 13.2. The highest BCUT2D eigenvalue weighted by Gasteiger charge is 2.48. The molecule has 3 aliphatic carbocycles. The van der Waals surface area contributed by atoms with E-state index in [-0.39, 0.29) is 35.0 Å². The highest BCUT2D eigenvalue weighted by Crippen LogP contribution is 2.45. The summed E-state index contributed by atoms with van der Waals surface area (Å²) in [6.45, 7) is 0. The maximum absolute atomic E-state index is 13.2. The van der Waals surface area contributed by atoms with Gasteiger partial charge in [0.2, 0.25) is 11.8 Å². The van der Waals surface area contributed by atoms with Crippen molar-refractivity contribution in [3.05, 3.63) is 71.1 Å². The first kappa shape index (κ1) is 22.1. The first-order valence-corrected chi connectivity index (χ1v) is 10.3. The quantitative estimate of drug-likeness (QED) is 0.290. The van der Waals surface area contributed by atoms with Crippen LogP contribution in [-0.4, -0.2) is 22.2 Å². The van der Waals surface area contributed by atoms with Gasteiger partial charge in [-0.25, -0.2) is 10.4 Å². The number of benzene rings is 2. The van der Waals surface area contributed by atoms with Gasteiger partial charge in [0.15, 0.2) is 11.4 Å². The number of nitrogens with one attached hydrogen (secondary N) is 4. The highest BCUT2D eigenvalue weighted by atomic mass is 16.8. The highest BCUT2D eigenvalue weighted by molar-refractivity contribution is 6.00. The van der Waals surface area contributed by atoms with E-state index in [4.69, 9.17) is 10.4 Å². The van der Waals surface area contributed by atoms with E-state index < -0.39 is 22.3 Å². The van der Waals surface area contributed by atoms with Crippen LogP contribution < -0.4 is 21.1 Å². The minimum Gasteiger partial charge on any atom is -0.595 e. The van der Waals surface area contributed by atoms with Crippen molar-refractivity contribution in [2.24, 2.45) is 23.7 Å². The zero-order chi connectivity index (χ0) is 22.8. The van der Waals surface area contributed by atoms with E-state index in [9.17, 15) is 20.0 Å². The minimum atomic E-state index is -1.05. The molecule has 10 heteroatoms. The van der Waals surface area contributed by atoms with Crippen LogP contribution in [0.5, 0.6) is 0 Å². The van der Waals surface area contributed by atoms with Crippen LogP contribution in [0.1, 0.15) is 12.8 Å². The number of anilines is 2. The molecule has 1 fully saturated rings. The molecule has 3 aliphatic rings. The Morgan fingerprint density at radius 2 is 1.06 bits per heavy atom. The number of amides is 2. The predicted molar refractivity (Wildman–Crippen MR) is 114 cm³/mol. The first-order valence-electron chi connectivity index (χ1n) is 10.3. The van der Waals surface area contributed by atoms with Gasteiger partial charge in [-0.1, -0.05) is 12.2 Å². The summed E-state index contributed by atoms with van der Waals surface area (Å²) >= 11 is 0. The topological polar surface area (TPSA) is 154 Å². The Balaban J connectivity index is 1.50. The second-order valence-electron chi connectivity index (χ2n) is 8.09. The summed E-state index contributed by atoms with van der Waals surface area (Å²) in [5.74, 6) is -1.82. The number of carbonyl (C=O) groups is 2. The molecule has 2 unspecified atom stereocenters. The molecule has 0 radical (unpaired) electrons. The predicted octanol–water partition coefficient (Wildman–Crippen LogP) is 0.899. The molecule has 32 heavy (non-hydrogen) atoms. The van der Waals surface area contributed by atoms with Crippen molar-refractivity contribution in [1.82, 2.24) is 0 Å². The van der Waals surface area contributed by atoms with Crippen LogP contribution in [0.15, 0.2) is 60.7 Å². The fourth-order valence-corrected chi connectivity index (χ4v) is 4.55. The van der Waals surface area contributed by atoms with Crippen molar-refractivity contribution in [1.29, 1.82) is 0 Å². The molecule has 0 spiro atoms.